The topological polar surface area (TPSA) is 35.2 Å². The van der Waals surface area contributed by atoms with E-state index in [1.807, 2.05) is 6.07 Å². The van der Waals surface area contributed by atoms with Gasteiger partial charge in [-0.1, -0.05) is 39.8 Å². The number of benzene rings is 1. The van der Waals surface area contributed by atoms with Gasteiger partial charge in [-0.05, 0) is 36.2 Å². The lowest BCUT2D eigenvalue weighted by Crippen LogP contribution is -2.50. The molecule has 3 heteroatoms. The van der Waals surface area contributed by atoms with Gasteiger partial charge in [0.1, 0.15) is 0 Å². The molecule has 2 rings (SSSR count). The van der Waals surface area contributed by atoms with Crippen LogP contribution in [0.2, 0.25) is 0 Å². The van der Waals surface area contributed by atoms with Gasteiger partial charge in [0, 0.05) is 11.1 Å². The first-order valence-corrected chi connectivity index (χ1v) is 7.21. The van der Waals surface area contributed by atoms with Crippen LogP contribution >= 0.6 is 0 Å². The molecule has 20 heavy (non-hydrogen) atoms. The van der Waals surface area contributed by atoms with Gasteiger partial charge in [-0.3, -0.25) is 0 Å². The van der Waals surface area contributed by atoms with Crippen LogP contribution < -0.4 is 10.5 Å². The quantitative estimate of drug-likeness (QED) is 0.879. The van der Waals surface area contributed by atoms with Crippen molar-refractivity contribution in [3.05, 3.63) is 29.6 Å². The third-order valence-electron chi connectivity index (χ3n) is 4.26. The third-order valence-corrected chi connectivity index (χ3v) is 4.26. The van der Waals surface area contributed by atoms with Gasteiger partial charge in [-0.25, -0.2) is 4.39 Å². The van der Waals surface area contributed by atoms with Crippen molar-refractivity contribution in [2.45, 2.75) is 52.5 Å². The normalized spacial score (nSPS) is 23.4. The molecule has 0 unspecified atom stereocenters. The van der Waals surface area contributed by atoms with Gasteiger partial charge in [-0.15, -0.1) is 0 Å². The monoisotopic (exact) mass is 279 g/mol. The summed E-state index contributed by atoms with van der Waals surface area (Å²) in [7, 11) is 1.49. The van der Waals surface area contributed by atoms with Crippen molar-refractivity contribution in [1.82, 2.24) is 0 Å². The maximum Gasteiger partial charge on any atom is 0.170 e. The van der Waals surface area contributed by atoms with Gasteiger partial charge in [-0.2, -0.15) is 0 Å². The van der Waals surface area contributed by atoms with E-state index < -0.39 is 5.54 Å². The molecule has 1 aliphatic rings. The predicted molar refractivity (Wildman–Crippen MR) is 80.2 cm³/mol. The average molecular weight is 279 g/mol. The average Bonchev–Trinajstić information content (AvgIpc) is 2.23. The molecule has 1 aromatic rings. The van der Waals surface area contributed by atoms with Gasteiger partial charge in [0.15, 0.2) is 11.6 Å². The maximum absolute atomic E-state index is 14.6. The van der Waals surface area contributed by atoms with Gasteiger partial charge in [0.05, 0.1) is 7.11 Å². The van der Waals surface area contributed by atoms with Crippen LogP contribution in [0.1, 0.15) is 52.5 Å². The Morgan fingerprint density at radius 1 is 1.05 bits per heavy atom. The van der Waals surface area contributed by atoms with Crippen LogP contribution in [0.5, 0.6) is 5.75 Å². The smallest absolute Gasteiger partial charge is 0.170 e. The molecule has 112 valence electrons. The Hall–Kier alpha value is -1.09. The molecule has 0 bridgehead atoms. The molecular formula is C17H26FNO. The zero-order valence-corrected chi connectivity index (χ0v) is 13.2. The maximum atomic E-state index is 14.6. The van der Waals surface area contributed by atoms with Crippen LogP contribution in [-0.4, -0.2) is 7.11 Å². The fourth-order valence-electron chi connectivity index (χ4n) is 4.43. The number of halogens is 1. The fourth-order valence-corrected chi connectivity index (χ4v) is 4.43. The van der Waals surface area contributed by atoms with E-state index in [4.69, 9.17) is 10.5 Å². The molecule has 1 aliphatic carbocycles. The van der Waals surface area contributed by atoms with E-state index in [0.717, 1.165) is 19.3 Å². The minimum atomic E-state index is -0.635. The number of methoxy groups -OCH3 is 1. The number of hydrogen-bond donors (Lipinski definition) is 1. The molecule has 1 saturated carbocycles. The number of hydrogen-bond acceptors (Lipinski definition) is 2. The van der Waals surface area contributed by atoms with Crippen molar-refractivity contribution in [3.63, 3.8) is 0 Å². The molecular weight excluding hydrogens is 253 g/mol. The summed E-state index contributed by atoms with van der Waals surface area (Å²) in [4.78, 5) is 0. The lowest BCUT2D eigenvalue weighted by molar-refractivity contribution is 0.0452. The van der Waals surface area contributed by atoms with Gasteiger partial charge < -0.3 is 10.5 Å². The van der Waals surface area contributed by atoms with E-state index in [1.54, 1.807) is 12.1 Å². The van der Waals surface area contributed by atoms with E-state index in [9.17, 15) is 4.39 Å². The molecule has 1 aromatic carbocycles. The summed E-state index contributed by atoms with van der Waals surface area (Å²) < 4.78 is 19.7. The third kappa shape index (κ3) is 2.83. The van der Waals surface area contributed by atoms with Crippen LogP contribution in [0.25, 0.3) is 0 Å². The second kappa shape index (κ2) is 4.73. The minimum absolute atomic E-state index is 0.103. The van der Waals surface area contributed by atoms with E-state index in [-0.39, 0.29) is 22.4 Å². The summed E-state index contributed by atoms with van der Waals surface area (Å²) in [5, 5.41) is 0. The number of nitrogens with two attached hydrogens (primary N) is 1. The fraction of sp³-hybridized carbons (Fsp3) is 0.647. The van der Waals surface area contributed by atoms with E-state index in [1.165, 1.54) is 7.11 Å². The van der Waals surface area contributed by atoms with Crippen molar-refractivity contribution in [2.24, 2.45) is 16.6 Å². The highest BCUT2D eigenvalue weighted by molar-refractivity contribution is 5.36. The number of rotatable bonds is 2. The molecule has 0 aliphatic heterocycles. The SMILES string of the molecule is COc1cccc(C2(N)CC(C)(C)CC(C)(C)C2)c1F. The highest BCUT2D eigenvalue weighted by atomic mass is 19.1. The van der Waals surface area contributed by atoms with Crippen molar-refractivity contribution < 1.29 is 9.13 Å². The zero-order chi connectivity index (χ0) is 15.2. The van der Waals surface area contributed by atoms with Crippen LogP contribution in [0.3, 0.4) is 0 Å². The summed E-state index contributed by atoms with van der Waals surface area (Å²) in [5.41, 5.74) is 6.81. The van der Waals surface area contributed by atoms with Crippen LogP contribution in [0.15, 0.2) is 18.2 Å². The largest absolute Gasteiger partial charge is 0.494 e. The minimum Gasteiger partial charge on any atom is -0.494 e. The molecule has 0 amide bonds. The van der Waals surface area contributed by atoms with Crippen molar-refractivity contribution in [2.75, 3.05) is 7.11 Å². The van der Waals surface area contributed by atoms with E-state index in [0.29, 0.717) is 5.56 Å². The molecule has 0 heterocycles. The first-order chi connectivity index (χ1) is 9.09. The molecule has 0 aromatic heterocycles. The van der Waals surface area contributed by atoms with E-state index >= 15 is 0 Å². The Balaban J connectivity index is 2.49. The Labute approximate surface area is 121 Å². The standard InChI is InChI=1S/C17H26FNO/c1-15(2)9-16(3,4)11-17(19,10-15)12-7-6-8-13(20-5)14(12)18/h6-8H,9-11,19H2,1-5H3. The first kappa shape index (κ1) is 15.3. The predicted octanol–water partition coefficient (Wildman–Crippen LogP) is 4.22. The van der Waals surface area contributed by atoms with Crippen molar-refractivity contribution in [1.29, 1.82) is 0 Å². The molecule has 1 fully saturated rings. The summed E-state index contributed by atoms with van der Waals surface area (Å²) in [6.07, 6.45) is 2.67. The molecule has 2 N–H and O–H groups in total. The Morgan fingerprint density at radius 2 is 1.60 bits per heavy atom. The lowest BCUT2D eigenvalue weighted by Gasteiger charge is -2.50. The Kier molecular flexibility index (Phi) is 3.62. The molecule has 0 radical (unpaired) electrons. The highest BCUT2D eigenvalue weighted by Crippen LogP contribution is 2.53. The lowest BCUT2D eigenvalue weighted by atomic mass is 9.57. The van der Waals surface area contributed by atoms with E-state index in [2.05, 4.69) is 27.7 Å². The summed E-state index contributed by atoms with van der Waals surface area (Å²) in [6.45, 7) is 8.86. The molecule has 0 saturated heterocycles. The van der Waals surface area contributed by atoms with Gasteiger partial charge >= 0.3 is 0 Å². The zero-order valence-electron chi connectivity index (χ0n) is 13.2. The van der Waals surface area contributed by atoms with Crippen molar-refractivity contribution in [3.8, 4) is 5.75 Å². The van der Waals surface area contributed by atoms with Crippen LogP contribution in [0.4, 0.5) is 4.39 Å². The van der Waals surface area contributed by atoms with Crippen LogP contribution in [-0.2, 0) is 5.54 Å². The first-order valence-electron chi connectivity index (χ1n) is 7.21. The van der Waals surface area contributed by atoms with Crippen molar-refractivity contribution >= 4 is 0 Å². The second-order valence-electron chi connectivity index (χ2n) is 7.84. The van der Waals surface area contributed by atoms with Gasteiger partial charge in [0.2, 0.25) is 0 Å². The molecule has 0 spiro atoms. The highest BCUT2D eigenvalue weighted by Gasteiger charge is 2.47. The molecule has 2 nitrogen and oxygen atoms in total. The van der Waals surface area contributed by atoms with Crippen LogP contribution in [0, 0.1) is 16.6 Å². The summed E-state index contributed by atoms with van der Waals surface area (Å²) in [6, 6.07) is 5.26. The summed E-state index contributed by atoms with van der Waals surface area (Å²) in [5.74, 6) is -0.0421. The van der Waals surface area contributed by atoms with Gasteiger partial charge in [0.25, 0.3) is 0 Å². The summed E-state index contributed by atoms with van der Waals surface area (Å²) >= 11 is 0. The second-order valence-corrected chi connectivity index (χ2v) is 7.84. The Morgan fingerprint density at radius 3 is 2.10 bits per heavy atom. The molecule has 0 atom stereocenters. The Bertz CT molecular complexity index is 492. The number of ether oxygens (including phenoxy) is 1.